The standard InChI is InChI=1S/C9H10O2S/c1-5-2-3-12-8(5)6-4-7(6)9(10)11/h2-3,6-7H,4H2,1H3,(H,10,11)/t6-,7-/m0/s1. The highest BCUT2D eigenvalue weighted by molar-refractivity contribution is 7.10. The van der Waals surface area contributed by atoms with Gasteiger partial charge in [-0.3, -0.25) is 4.79 Å². The van der Waals surface area contributed by atoms with Gasteiger partial charge in [-0.15, -0.1) is 11.3 Å². The maximum atomic E-state index is 10.6. The Balaban J connectivity index is 2.15. The Morgan fingerprint density at radius 1 is 1.75 bits per heavy atom. The Kier molecular flexibility index (Phi) is 1.68. The number of rotatable bonds is 2. The summed E-state index contributed by atoms with van der Waals surface area (Å²) in [4.78, 5) is 11.8. The number of hydrogen-bond donors (Lipinski definition) is 1. The summed E-state index contributed by atoms with van der Waals surface area (Å²) in [6.07, 6.45) is 0.830. The zero-order chi connectivity index (χ0) is 8.72. The molecule has 1 N–H and O–H groups in total. The van der Waals surface area contributed by atoms with Crippen molar-refractivity contribution in [2.24, 2.45) is 5.92 Å². The maximum absolute atomic E-state index is 10.6. The molecular weight excluding hydrogens is 172 g/mol. The molecule has 0 aliphatic heterocycles. The second-order valence-electron chi connectivity index (χ2n) is 3.25. The van der Waals surface area contributed by atoms with E-state index >= 15 is 0 Å². The van der Waals surface area contributed by atoms with E-state index in [9.17, 15) is 4.79 Å². The minimum atomic E-state index is -0.646. The Labute approximate surface area is 74.8 Å². The van der Waals surface area contributed by atoms with Crippen molar-refractivity contribution in [3.63, 3.8) is 0 Å². The lowest BCUT2D eigenvalue weighted by Gasteiger charge is -1.94. The van der Waals surface area contributed by atoms with E-state index < -0.39 is 5.97 Å². The van der Waals surface area contributed by atoms with Crippen LogP contribution in [0.15, 0.2) is 11.4 Å². The lowest BCUT2D eigenvalue weighted by atomic mass is 10.2. The van der Waals surface area contributed by atoms with Gasteiger partial charge in [0.1, 0.15) is 0 Å². The topological polar surface area (TPSA) is 37.3 Å². The summed E-state index contributed by atoms with van der Waals surface area (Å²) in [6.45, 7) is 2.04. The summed E-state index contributed by atoms with van der Waals surface area (Å²) in [6, 6.07) is 2.05. The molecule has 1 heterocycles. The Bertz CT molecular complexity index is 316. The third-order valence-electron chi connectivity index (χ3n) is 2.35. The van der Waals surface area contributed by atoms with Gasteiger partial charge in [0.25, 0.3) is 0 Å². The first kappa shape index (κ1) is 7.80. The van der Waals surface area contributed by atoms with Gasteiger partial charge in [-0.05, 0) is 30.4 Å². The molecule has 3 heteroatoms. The van der Waals surface area contributed by atoms with Crippen LogP contribution in [0.5, 0.6) is 0 Å². The summed E-state index contributed by atoms with van der Waals surface area (Å²) in [5.74, 6) is -0.447. The third kappa shape index (κ3) is 1.14. The Morgan fingerprint density at radius 3 is 2.92 bits per heavy atom. The highest BCUT2D eigenvalue weighted by Crippen LogP contribution is 2.50. The van der Waals surface area contributed by atoms with Gasteiger partial charge in [0.15, 0.2) is 0 Å². The summed E-state index contributed by atoms with van der Waals surface area (Å²) < 4.78 is 0. The molecule has 1 aliphatic carbocycles. The largest absolute Gasteiger partial charge is 0.481 e. The minimum absolute atomic E-state index is 0.109. The maximum Gasteiger partial charge on any atom is 0.307 e. The van der Waals surface area contributed by atoms with E-state index in [-0.39, 0.29) is 5.92 Å². The highest BCUT2D eigenvalue weighted by Gasteiger charge is 2.45. The average molecular weight is 182 g/mol. The molecule has 1 aliphatic rings. The van der Waals surface area contributed by atoms with Gasteiger partial charge in [0.05, 0.1) is 5.92 Å². The first-order valence-corrected chi connectivity index (χ1v) is 4.85. The second kappa shape index (κ2) is 2.59. The van der Waals surface area contributed by atoms with Crippen molar-refractivity contribution in [3.8, 4) is 0 Å². The Hall–Kier alpha value is -0.830. The number of thiophene rings is 1. The molecule has 1 saturated carbocycles. The average Bonchev–Trinajstić information content (AvgIpc) is 2.70. The minimum Gasteiger partial charge on any atom is -0.481 e. The van der Waals surface area contributed by atoms with E-state index in [1.54, 1.807) is 11.3 Å². The van der Waals surface area contributed by atoms with Gasteiger partial charge in [-0.25, -0.2) is 0 Å². The van der Waals surface area contributed by atoms with Crippen LogP contribution in [-0.2, 0) is 4.79 Å². The zero-order valence-corrected chi connectivity index (χ0v) is 7.60. The third-order valence-corrected chi connectivity index (χ3v) is 3.50. The van der Waals surface area contributed by atoms with Crippen molar-refractivity contribution in [3.05, 3.63) is 21.9 Å². The number of aliphatic carboxylic acids is 1. The summed E-state index contributed by atoms with van der Waals surface area (Å²) >= 11 is 1.68. The van der Waals surface area contributed by atoms with Gasteiger partial charge in [0.2, 0.25) is 0 Å². The SMILES string of the molecule is Cc1ccsc1[C@H]1C[C@@H]1C(=O)O. The van der Waals surface area contributed by atoms with Crippen molar-refractivity contribution in [1.82, 2.24) is 0 Å². The molecule has 0 saturated heterocycles. The van der Waals surface area contributed by atoms with E-state index in [1.807, 2.05) is 12.3 Å². The Morgan fingerprint density at radius 2 is 2.50 bits per heavy atom. The molecule has 1 aromatic heterocycles. The lowest BCUT2D eigenvalue weighted by molar-refractivity contribution is -0.138. The highest BCUT2D eigenvalue weighted by atomic mass is 32.1. The van der Waals surface area contributed by atoms with E-state index in [1.165, 1.54) is 10.4 Å². The normalized spacial score (nSPS) is 27.1. The molecule has 2 rings (SSSR count). The van der Waals surface area contributed by atoms with Gasteiger partial charge in [0, 0.05) is 10.8 Å². The summed E-state index contributed by atoms with van der Waals surface area (Å²) in [7, 11) is 0. The fraction of sp³-hybridized carbons (Fsp3) is 0.444. The molecule has 12 heavy (non-hydrogen) atoms. The zero-order valence-electron chi connectivity index (χ0n) is 6.78. The summed E-state index contributed by atoms with van der Waals surface area (Å²) in [5.41, 5.74) is 1.24. The molecule has 1 aromatic rings. The molecule has 0 amide bonds. The number of carbonyl (C=O) groups is 1. The van der Waals surface area contributed by atoms with Crippen LogP contribution in [0.3, 0.4) is 0 Å². The number of aryl methyl sites for hydroxylation is 1. The van der Waals surface area contributed by atoms with Crippen molar-refractivity contribution in [2.75, 3.05) is 0 Å². The van der Waals surface area contributed by atoms with Crippen LogP contribution in [0, 0.1) is 12.8 Å². The summed E-state index contributed by atoms with van der Waals surface area (Å²) in [5, 5.41) is 10.7. The fourth-order valence-electron chi connectivity index (χ4n) is 1.52. The van der Waals surface area contributed by atoms with Gasteiger partial charge >= 0.3 is 5.97 Å². The molecule has 1 fully saturated rings. The van der Waals surface area contributed by atoms with Crippen LogP contribution in [-0.4, -0.2) is 11.1 Å². The smallest absolute Gasteiger partial charge is 0.307 e. The van der Waals surface area contributed by atoms with Gasteiger partial charge in [-0.1, -0.05) is 0 Å². The van der Waals surface area contributed by atoms with E-state index in [2.05, 4.69) is 6.07 Å². The molecule has 2 nitrogen and oxygen atoms in total. The van der Waals surface area contributed by atoms with Crippen LogP contribution in [0.1, 0.15) is 22.8 Å². The van der Waals surface area contributed by atoms with Crippen LogP contribution in [0.25, 0.3) is 0 Å². The second-order valence-corrected chi connectivity index (χ2v) is 4.20. The number of hydrogen-bond acceptors (Lipinski definition) is 2. The number of carboxylic acids is 1. The van der Waals surface area contributed by atoms with Crippen molar-refractivity contribution >= 4 is 17.3 Å². The van der Waals surface area contributed by atoms with Gasteiger partial charge in [-0.2, -0.15) is 0 Å². The monoisotopic (exact) mass is 182 g/mol. The van der Waals surface area contributed by atoms with Crippen LogP contribution in [0.2, 0.25) is 0 Å². The van der Waals surface area contributed by atoms with Crippen molar-refractivity contribution in [1.29, 1.82) is 0 Å². The molecule has 0 spiro atoms. The van der Waals surface area contributed by atoms with E-state index in [0.717, 1.165) is 6.42 Å². The molecule has 2 atom stereocenters. The molecule has 0 bridgehead atoms. The van der Waals surface area contributed by atoms with Crippen LogP contribution >= 0.6 is 11.3 Å². The molecular formula is C9H10O2S. The molecule has 64 valence electrons. The van der Waals surface area contributed by atoms with Gasteiger partial charge < -0.3 is 5.11 Å². The molecule has 0 unspecified atom stereocenters. The van der Waals surface area contributed by atoms with Crippen LogP contribution < -0.4 is 0 Å². The predicted octanol–water partition coefficient (Wildman–Crippen LogP) is 2.24. The predicted molar refractivity (Wildman–Crippen MR) is 47.5 cm³/mol. The fourth-order valence-corrected chi connectivity index (χ4v) is 2.63. The number of carboxylic acid groups (broad SMARTS) is 1. The van der Waals surface area contributed by atoms with Crippen molar-refractivity contribution < 1.29 is 9.90 Å². The first-order valence-electron chi connectivity index (χ1n) is 3.97. The van der Waals surface area contributed by atoms with E-state index in [0.29, 0.717) is 5.92 Å². The quantitative estimate of drug-likeness (QED) is 0.761. The molecule has 0 aromatic carbocycles. The van der Waals surface area contributed by atoms with E-state index in [4.69, 9.17) is 5.11 Å². The lowest BCUT2D eigenvalue weighted by Crippen LogP contribution is -1.98. The first-order chi connectivity index (χ1) is 5.70. The molecule has 0 radical (unpaired) electrons. The van der Waals surface area contributed by atoms with Crippen LogP contribution in [0.4, 0.5) is 0 Å². The van der Waals surface area contributed by atoms with Crippen molar-refractivity contribution in [2.45, 2.75) is 19.3 Å².